The molecule has 6 heavy (non-hydrogen) atoms. The maximum Gasteiger partial charge on any atom is 0.291 e. The van der Waals surface area contributed by atoms with Gasteiger partial charge >= 0.3 is 0 Å². The summed E-state index contributed by atoms with van der Waals surface area (Å²) < 4.78 is 0. The molecule has 4 nitrogen and oxygen atoms in total. The van der Waals surface area contributed by atoms with E-state index in [2.05, 4.69) is 0 Å². The van der Waals surface area contributed by atoms with E-state index < -0.39 is 5.09 Å². The van der Waals surface area contributed by atoms with Gasteiger partial charge in [-0.25, -0.2) is 0 Å². The first kappa shape index (κ1) is 15.7. The molecule has 0 aromatic heterocycles. The van der Waals surface area contributed by atoms with Crippen LogP contribution in [-0.4, -0.2) is 91.2 Å². The number of hydrogen-bond donors (Lipinski definition) is 1. The molecule has 0 unspecified atom stereocenters. The van der Waals surface area contributed by atoms with E-state index in [1.54, 1.807) is 0 Å². The molecule has 0 aliphatic carbocycles. The third kappa shape index (κ3) is 40.5. The van der Waals surface area contributed by atoms with Gasteiger partial charge in [-0.15, -0.1) is 10.1 Å². The first-order chi connectivity index (χ1) is 1.73. The first-order valence-electron chi connectivity index (χ1n) is 0.565. The molecule has 0 amide bonds. The van der Waals surface area contributed by atoms with Crippen LogP contribution in [0, 0.1) is 10.1 Å². The summed E-state index contributed by atoms with van der Waals surface area (Å²) in [7, 11) is 0. The van der Waals surface area contributed by atoms with Crippen molar-refractivity contribution in [2.75, 3.05) is 0 Å². The summed E-state index contributed by atoms with van der Waals surface area (Å²) in [4.78, 5) is 8.36. The Morgan fingerprint density at radius 2 is 1.67 bits per heavy atom. The third-order valence-corrected chi connectivity index (χ3v) is 0. The molecule has 2 radical (unpaired) electrons. The Balaban J connectivity index is -0.0000000450. The molecule has 26 valence electrons. The van der Waals surface area contributed by atoms with Crippen molar-refractivity contribution in [3.63, 3.8) is 0 Å². The predicted molar refractivity (Wildman–Crippen MR) is 20.3 cm³/mol. The minimum absolute atomic E-state index is 0. The maximum atomic E-state index is 8.36. The second-order valence-corrected chi connectivity index (χ2v) is 0.238. The molecule has 0 aromatic carbocycles. The van der Waals surface area contributed by atoms with E-state index in [4.69, 9.17) is 15.3 Å². The predicted octanol–water partition coefficient (Wildman–Crippen LogP) is -1.11. The number of hydrogen-bond acceptors (Lipinski definition) is 2. The van der Waals surface area contributed by atoms with Gasteiger partial charge in [0, 0.05) is 80.9 Å². The monoisotopic (exact) mass is 125 g/mol. The van der Waals surface area contributed by atoms with E-state index in [9.17, 15) is 0 Å². The molecular weight excluding hydrogens is 124 g/mol. The quantitative estimate of drug-likeness (QED) is 0.253. The summed E-state index contributed by atoms with van der Waals surface area (Å²) in [6.45, 7) is 0. The molecular formula is HKNNaO3. The van der Waals surface area contributed by atoms with Crippen LogP contribution in [0.25, 0.3) is 0 Å². The van der Waals surface area contributed by atoms with Crippen LogP contribution in [0.15, 0.2) is 0 Å². The van der Waals surface area contributed by atoms with E-state index in [1.807, 2.05) is 0 Å². The normalized spacial score (nSPS) is 4.00. The fraction of sp³-hybridized carbons (Fsp3) is 0. The van der Waals surface area contributed by atoms with Gasteiger partial charge in [0.1, 0.15) is 0 Å². The van der Waals surface area contributed by atoms with Crippen LogP contribution in [0.3, 0.4) is 0 Å². The molecule has 0 aromatic rings. The van der Waals surface area contributed by atoms with Gasteiger partial charge in [-0.3, -0.25) is 0 Å². The Labute approximate surface area is 99.1 Å². The van der Waals surface area contributed by atoms with Gasteiger partial charge in [0.25, 0.3) is 5.09 Å². The summed E-state index contributed by atoms with van der Waals surface area (Å²) in [6, 6.07) is 0. The summed E-state index contributed by atoms with van der Waals surface area (Å²) in [6.07, 6.45) is 0. The van der Waals surface area contributed by atoms with Crippen LogP contribution >= 0.6 is 0 Å². The van der Waals surface area contributed by atoms with E-state index in [0.29, 0.717) is 0 Å². The van der Waals surface area contributed by atoms with Crippen molar-refractivity contribution in [1.29, 1.82) is 0 Å². The minimum Gasteiger partial charge on any atom is -0.328 e. The van der Waals surface area contributed by atoms with Crippen molar-refractivity contribution in [2.45, 2.75) is 0 Å². The first-order valence-corrected chi connectivity index (χ1v) is 0.565. The van der Waals surface area contributed by atoms with Crippen molar-refractivity contribution in [2.24, 2.45) is 0 Å². The molecule has 0 bridgehead atoms. The Kier molecular flexibility index (Phi) is 26.0. The van der Waals surface area contributed by atoms with Crippen molar-refractivity contribution in [3.8, 4) is 0 Å². The molecule has 0 heterocycles. The molecule has 0 aliphatic rings. The average Bonchev–Trinajstić information content (AvgIpc) is 0.811. The Morgan fingerprint density at radius 3 is 1.67 bits per heavy atom. The number of nitrogens with zero attached hydrogens (tertiary/aromatic N) is 1. The largest absolute Gasteiger partial charge is 0.328 e. The Morgan fingerprint density at radius 1 is 1.67 bits per heavy atom. The van der Waals surface area contributed by atoms with Gasteiger partial charge in [0.15, 0.2) is 0 Å². The van der Waals surface area contributed by atoms with Crippen molar-refractivity contribution in [1.82, 2.24) is 0 Å². The molecule has 0 saturated carbocycles. The van der Waals surface area contributed by atoms with Crippen LogP contribution < -0.4 is 0 Å². The van der Waals surface area contributed by atoms with Gasteiger partial charge in [-0.2, -0.15) is 0 Å². The second-order valence-electron chi connectivity index (χ2n) is 0.238. The molecule has 0 saturated heterocycles. The molecule has 0 fully saturated rings. The topological polar surface area (TPSA) is 63.4 Å². The van der Waals surface area contributed by atoms with Gasteiger partial charge in [-0.05, 0) is 0 Å². The van der Waals surface area contributed by atoms with Crippen molar-refractivity contribution in [3.05, 3.63) is 10.1 Å². The Hall–Kier alpha value is 1.84. The molecule has 6 heteroatoms. The molecule has 0 aliphatic heterocycles. The van der Waals surface area contributed by atoms with Crippen LogP contribution in [0.2, 0.25) is 0 Å². The van der Waals surface area contributed by atoms with E-state index in [-0.39, 0.29) is 80.9 Å². The van der Waals surface area contributed by atoms with Crippen LogP contribution in [0.1, 0.15) is 0 Å². The fourth-order valence-corrected chi connectivity index (χ4v) is 0. The SMILES string of the molecule is O=[N+]([O-])O.[K].[Na]. The van der Waals surface area contributed by atoms with E-state index >= 15 is 0 Å². The van der Waals surface area contributed by atoms with E-state index in [1.165, 1.54) is 0 Å². The Bertz CT molecular complexity index is 33.8. The zero-order valence-electron chi connectivity index (χ0n) is 3.71. The summed E-state index contributed by atoms with van der Waals surface area (Å²) in [5, 5.41) is 13.6. The molecule has 0 spiro atoms. The summed E-state index contributed by atoms with van der Waals surface area (Å²) in [5.74, 6) is 0. The summed E-state index contributed by atoms with van der Waals surface area (Å²) in [5.41, 5.74) is 0. The van der Waals surface area contributed by atoms with Crippen molar-refractivity contribution < 1.29 is 10.3 Å². The van der Waals surface area contributed by atoms with Gasteiger partial charge in [-0.1, -0.05) is 0 Å². The fourth-order valence-electron chi connectivity index (χ4n) is 0. The van der Waals surface area contributed by atoms with Gasteiger partial charge < -0.3 is 5.21 Å². The maximum absolute atomic E-state index is 8.36. The zero-order chi connectivity index (χ0) is 3.58. The number of rotatable bonds is 0. The molecule has 0 rings (SSSR count). The molecule has 0 atom stereocenters. The van der Waals surface area contributed by atoms with Crippen LogP contribution in [-0.2, 0) is 0 Å². The van der Waals surface area contributed by atoms with Gasteiger partial charge in [0.2, 0.25) is 0 Å². The average molecular weight is 125 g/mol. The van der Waals surface area contributed by atoms with Crippen LogP contribution in [0.5, 0.6) is 0 Å². The molecule has 1 N–H and O–H groups in total. The standard InChI is InChI=1S/K.HNO3.Na/c;2-1(3)4;/h;(H,2,3,4);. The summed E-state index contributed by atoms with van der Waals surface area (Å²) >= 11 is 0. The van der Waals surface area contributed by atoms with Gasteiger partial charge in [0.05, 0.1) is 0 Å². The second kappa shape index (κ2) is 9.96. The smallest absolute Gasteiger partial charge is 0.291 e. The third-order valence-electron chi connectivity index (χ3n) is 0. The minimum atomic E-state index is -1.50. The van der Waals surface area contributed by atoms with Crippen molar-refractivity contribution >= 4 is 80.9 Å². The zero-order valence-corrected chi connectivity index (χ0v) is 8.83. The van der Waals surface area contributed by atoms with Crippen LogP contribution in [0.4, 0.5) is 0 Å². The van der Waals surface area contributed by atoms with E-state index in [0.717, 1.165) is 0 Å².